The third-order valence-electron chi connectivity index (χ3n) is 4.13. The van der Waals surface area contributed by atoms with E-state index in [1.54, 1.807) is 25.4 Å². The number of amides is 2. The summed E-state index contributed by atoms with van der Waals surface area (Å²) < 4.78 is 1.54. The van der Waals surface area contributed by atoms with Crippen molar-refractivity contribution in [1.29, 1.82) is 0 Å². The summed E-state index contributed by atoms with van der Waals surface area (Å²) in [6.07, 6.45) is 2.82. The second-order valence-electron chi connectivity index (χ2n) is 7.09. The number of tetrazole rings is 1. The van der Waals surface area contributed by atoms with Gasteiger partial charge in [0.05, 0.1) is 18.1 Å². The molecule has 4 N–H and O–H groups in total. The maximum absolute atomic E-state index is 12.6. The van der Waals surface area contributed by atoms with Crippen LogP contribution in [0.25, 0.3) is 0 Å². The Morgan fingerprint density at radius 3 is 2.63 bits per heavy atom. The summed E-state index contributed by atoms with van der Waals surface area (Å²) in [6, 6.07) is -0.397. The maximum Gasteiger partial charge on any atom is 0.374 e. The van der Waals surface area contributed by atoms with E-state index in [0.29, 0.717) is 25.3 Å². The van der Waals surface area contributed by atoms with Gasteiger partial charge in [0.25, 0.3) is 0 Å². The molecule has 152 valence electrons. The number of nitrogens with zero attached hydrogens (tertiary/aromatic N) is 4. The molecule has 1 aromatic heterocycles. The minimum atomic E-state index is -0.959. The first-order valence-corrected chi connectivity index (χ1v) is 9.50. The van der Waals surface area contributed by atoms with Crippen LogP contribution < -0.4 is 15.9 Å². The highest BCUT2D eigenvalue weighted by atomic mass is 16.2. The van der Waals surface area contributed by atoms with Crippen molar-refractivity contribution in [3.63, 3.8) is 0 Å². The van der Waals surface area contributed by atoms with Crippen LogP contribution in [0.4, 0.5) is 0 Å². The van der Waals surface area contributed by atoms with E-state index >= 15 is 0 Å². The Kier molecular flexibility index (Phi) is 9.37. The van der Waals surface area contributed by atoms with Gasteiger partial charge in [-0.05, 0) is 43.9 Å². The topological polar surface area (TPSA) is 134 Å². The first-order chi connectivity index (χ1) is 12.7. The van der Waals surface area contributed by atoms with E-state index in [9.17, 15) is 14.6 Å². The molecule has 1 atom stereocenters. The second-order valence-corrected chi connectivity index (χ2v) is 7.09. The van der Waals surface area contributed by atoms with Crippen molar-refractivity contribution in [3.8, 4) is 0 Å². The number of carbonyl (C=O) groups is 2. The second kappa shape index (κ2) is 11.0. The summed E-state index contributed by atoms with van der Waals surface area (Å²) in [5, 5.41) is 29.7. The van der Waals surface area contributed by atoms with Crippen molar-refractivity contribution in [1.82, 2.24) is 36.1 Å². The van der Waals surface area contributed by atoms with Crippen molar-refractivity contribution in [2.24, 2.45) is 0 Å². The molecule has 0 aliphatic heterocycles. The average molecular weight is 381 g/mol. The maximum atomic E-state index is 12.6. The third-order valence-corrected chi connectivity index (χ3v) is 4.13. The molecule has 0 aliphatic carbocycles. The standard InChI is InChI=1S/C16H32BN7O3/c1-6-8-10-18-13(25)9-11-24-14(20-22-23-24)12(7-2)19-15(26)16(3,4)21-17(5)27/h12,21,27H,6-11H2,1-5H3,(H,18,25)(H,19,26)/t12-/m1/s1. The van der Waals surface area contributed by atoms with Crippen LogP contribution in [0.15, 0.2) is 0 Å². The number of aryl methyl sites for hydroxylation is 1. The van der Waals surface area contributed by atoms with E-state index in [4.69, 9.17) is 0 Å². The van der Waals surface area contributed by atoms with Gasteiger partial charge >= 0.3 is 7.05 Å². The molecule has 2 amide bonds. The van der Waals surface area contributed by atoms with Crippen LogP contribution in [-0.4, -0.2) is 56.2 Å². The Hall–Kier alpha value is -2.01. The monoisotopic (exact) mass is 381 g/mol. The number of unbranched alkanes of at least 4 members (excludes halogenated alkanes) is 1. The van der Waals surface area contributed by atoms with Crippen LogP contribution in [0.5, 0.6) is 0 Å². The minimum Gasteiger partial charge on any atom is -0.437 e. The molecule has 0 fully saturated rings. The van der Waals surface area contributed by atoms with E-state index in [-0.39, 0.29) is 18.2 Å². The summed E-state index contributed by atoms with van der Waals surface area (Å²) in [6.45, 7) is 9.90. The molecule has 0 radical (unpaired) electrons. The number of hydrogen-bond acceptors (Lipinski definition) is 7. The number of rotatable bonds is 12. The lowest BCUT2D eigenvalue weighted by Gasteiger charge is -2.28. The van der Waals surface area contributed by atoms with Gasteiger partial charge in [-0.15, -0.1) is 5.10 Å². The molecule has 10 nitrogen and oxygen atoms in total. The molecule has 1 rings (SSSR count). The zero-order valence-electron chi connectivity index (χ0n) is 16.9. The van der Waals surface area contributed by atoms with Gasteiger partial charge in [-0.2, -0.15) is 0 Å². The van der Waals surface area contributed by atoms with Crippen molar-refractivity contribution < 1.29 is 14.6 Å². The molecule has 1 aromatic rings. The number of hydrogen-bond donors (Lipinski definition) is 4. The van der Waals surface area contributed by atoms with Crippen molar-refractivity contribution in [3.05, 3.63) is 5.82 Å². The predicted molar refractivity (Wildman–Crippen MR) is 103 cm³/mol. The molecule has 11 heteroatoms. The van der Waals surface area contributed by atoms with Crippen LogP contribution in [0.3, 0.4) is 0 Å². The highest BCUT2D eigenvalue weighted by Crippen LogP contribution is 2.15. The summed E-state index contributed by atoms with van der Waals surface area (Å²) in [5.74, 6) is 0.173. The highest BCUT2D eigenvalue weighted by Gasteiger charge is 2.32. The van der Waals surface area contributed by atoms with Crippen LogP contribution in [-0.2, 0) is 16.1 Å². The first kappa shape index (κ1) is 23.0. The van der Waals surface area contributed by atoms with E-state index in [0.717, 1.165) is 12.8 Å². The molecule has 0 spiro atoms. The van der Waals surface area contributed by atoms with E-state index in [1.807, 2.05) is 6.92 Å². The zero-order valence-corrected chi connectivity index (χ0v) is 16.9. The smallest absolute Gasteiger partial charge is 0.374 e. The molecule has 0 saturated heterocycles. The van der Waals surface area contributed by atoms with Crippen molar-refractivity contribution >= 4 is 18.9 Å². The van der Waals surface area contributed by atoms with Crippen molar-refractivity contribution in [2.75, 3.05) is 6.54 Å². The number of nitrogens with one attached hydrogen (secondary N) is 3. The lowest BCUT2D eigenvalue weighted by atomic mass is 9.83. The SMILES string of the molecule is CCCCNC(=O)CCn1nnnc1[C@@H](CC)NC(=O)C(C)(C)NB(C)O. The molecular weight excluding hydrogens is 349 g/mol. The van der Waals surface area contributed by atoms with Crippen molar-refractivity contribution in [2.45, 2.75) is 78.3 Å². The summed E-state index contributed by atoms with van der Waals surface area (Å²) in [4.78, 5) is 24.4. The normalized spacial score (nSPS) is 12.5. The van der Waals surface area contributed by atoms with E-state index in [1.165, 1.54) is 0 Å². The third kappa shape index (κ3) is 7.63. The summed E-state index contributed by atoms with van der Waals surface area (Å²) in [7, 11) is -0.817. The Labute approximate surface area is 161 Å². The van der Waals surface area contributed by atoms with E-state index < -0.39 is 18.6 Å². The highest BCUT2D eigenvalue weighted by molar-refractivity contribution is 6.46. The Morgan fingerprint density at radius 2 is 2.04 bits per heavy atom. The average Bonchev–Trinajstić information content (AvgIpc) is 3.05. The lowest BCUT2D eigenvalue weighted by molar-refractivity contribution is -0.127. The molecule has 0 bridgehead atoms. The number of aromatic nitrogens is 4. The summed E-state index contributed by atoms with van der Waals surface area (Å²) in [5.41, 5.74) is -0.959. The van der Waals surface area contributed by atoms with Crippen LogP contribution in [0, 0.1) is 0 Å². The Morgan fingerprint density at radius 1 is 1.33 bits per heavy atom. The quantitative estimate of drug-likeness (QED) is 0.296. The number of carbonyl (C=O) groups excluding carboxylic acids is 2. The Bertz CT molecular complexity index is 607. The lowest BCUT2D eigenvalue weighted by Crippen LogP contribution is -2.57. The van der Waals surface area contributed by atoms with Gasteiger partial charge in [-0.1, -0.05) is 20.3 Å². The zero-order chi connectivity index (χ0) is 20.4. The van der Waals surface area contributed by atoms with Gasteiger partial charge in [0.2, 0.25) is 11.8 Å². The molecular formula is C16H32BN7O3. The molecule has 27 heavy (non-hydrogen) atoms. The van der Waals surface area contributed by atoms with Gasteiger partial charge in [-0.25, -0.2) is 4.68 Å². The summed E-state index contributed by atoms with van der Waals surface area (Å²) >= 11 is 0. The minimum absolute atomic E-state index is 0.0516. The molecule has 1 heterocycles. The molecule has 0 saturated carbocycles. The fraction of sp³-hybridized carbons (Fsp3) is 0.812. The van der Waals surface area contributed by atoms with Gasteiger partial charge in [0.15, 0.2) is 5.82 Å². The van der Waals surface area contributed by atoms with Gasteiger partial charge in [0.1, 0.15) is 0 Å². The Balaban J connectivity index is 2.71. The molecule has 0 unspecified atom stereocenters. The van der Waals surface area contributed by atoms with E-state index in [2.05, 4.69) is 38.3 Å². The van der Waals surface area contributed by atoms with Gasteiger partial charge < -0.3 is 20.9 Å². The van der Waals surface area contributed by atoms with Crippen LogP contribution >= 0.6 is 0 Å². The fourth-order valence-corrected chi connectivity index (χ4v) is 2.60. The fourth-order valence-electron chi connectivity index (χ4n) is 2.60. The molecule has 0 aliphatic rings. The molecule has 0 aromatic carbocycles. The van der Waals surface area contributed by atoms with Gasteiger partial charge in [0, 0.05) is 13.0 Å². The van der Waals surface area contributed by atoms with Gasteiger partial charge in [-0.3, -0.25) is 9.59 Å². The van der Waals surface area contributed by atoms with Crippen LogP contribution in [0.1, 0.15) is 65.2 Å². The first-order valence-electron chi connectivity index (χ1n) is 9.50. The largest absolute Gasteiger partial charge is 0.437 e. The van der Waals surface area contributed by atoms with Crippen LogP contribution in [0.2, 0.25) is 6.82 Å². The predicted octanol–water partition coefficient (Wildman–Crippen LogP) is 0.0253.